The van der Waals surface area contributed by atoms with E-state index in [0.29, 0.717) is 16.7 Å². The second-order valence-corrected chi connectivity index (χ2v) is 9.29. The second kappa shape index (κ2) is 8.13. The van der Waals surface area contributed by atoms with Gasteiger partial charge in [-0.05, 0) is 30.9 Å². The molecule has 0 radical (unpaired) electrons. The van der Waals surface area contributed by atoms with Crippen molar-refractivity contribution < 1.29 is 18.8 Å². The van der Waals surface area contributed by atoms with Crippen LogP contribution in [0.3, 0.4) is 0 Å². The van der Waals surface area contributed by atoms with Crippen LogP contribution in [0.4, 0.5) is 5.69 Å². The van der Waals surface area contributed by atoms with Gasteiger partial charge >= 0.3 is 5.97 Å². The number of hydrogen-bond acceptors (Lipinski definition) is 5. The Labute approximate surface area is 156 Å². The summed E-state index contributed by atoms with van der Waals surface area (Å²) >= 11 is 12.2. The van der Waals surface area contributed by atoms with Crippen LogP contribution in [-0.4, -0.2) is 33.1 Å². The van der Waals surface area contributed by atoms with Crippen LogP contribution in [0.25, 0.3) is 0 Å². The van der Waals surface area contributed by atoms with Crippen LogP contribution < -0.4 is 15.4 Å². The Hall–Kier alpha value is -1.68. The molecule has 0 aromatic heterocycles. The van der Waals surface area contributed by atoms with Crippen LogP contribution >= 0.6 is 30.3 Å². The van der Waals surface area contributed by atoms with Gasteiger partial charge in [0.15, 0.2) is 0 Å². The zero-order valence-corrected chi connectivity index (χ0v) is 16.4. The SMILES string of the molecule is COC(=O)c1c(Cl)cc(NCP(C)(=O)c2cccc(OC)c2)cc1Cl. The van der Waals surface area contributed by atoms with Crippen LogP contribution in [0, 0.1) is 0 Å². The molecule has 1 N–H and O–H groups in total. The summed E-state index contributed by atoms with van der Waals surface area (Å²) in [4.78, 5) is 11.7. The van der Waals surface area contributed by atoms with Gasteiger partial charge in [-0.3, -0.25) is 0 Å². The third kappa shape index (κ3) is 4.69. The molecule has 5 nitrogen and oxygen atoms in total. The summed E-state index contributed by atoms with van der Waals surface area (Å²) in [6, 6.07) is 10.2. The summed E-state index contributed by atoms with van der Waals surface area (Å²) in [7, 11) is 0.127. The highest BCUT2D eigenvalue weighted by Gasteiger charge is 2.20. The third-order valence-corrected chi connectivity index (χ3v) is 6.34. The van der Waals surface area contributed by atoms with E-state index in [-0.39, 0.29) is 21.9 Å². The lowest BCUT2D eigenvalue weighted by Crippen LogP contribution is -2.13. The zero-order chi connectivity index (χ0) is 18.6. The smallest absolute Gasteiger partial charge is 0.340 e. The van der Waals surface area contributed by atoms with E-state index in [1.165, 1.54) is 7.11 Å². The van der Waals surface area contributed by atoms with Crippen LogP contribution in [0.5, 0.6) is 5.75 Å². The van der Waals surface area contributed by atoms with E-state index >= 15 is 0 Å². The highest BCUT2D eigenvalue weighted by molar-refractivity contribution is 7.71. The van der Waals surface area contributed by atoms with Crippen LogP contribution in [0.1, 0.15) is 10.4 Å². The molecule has 0 heterocycles. The molecular weight excluding hydrogens is 384 g/mol. The van der Waals surface area contributed by atoms with Crippen molar-refractivity contribution >= 4 is 47.3 Å². The highest BCUT2D eigenvalue weighted by Crippen LogP contribution is 2.41. The molecule has 0 amide bonds. The van der Waals surface area contributed by atoms with Gasteiger partial charge in [0.1, 0.15) is 12.9 Å². The number of carbonyl (C=O) groups excluding carboxylic acids is 1. The Morgan fingerprint density at radius 1 is 1.16 bits per heavy atom. The van der Waals surface area contributed by atoms with E-state index < -0.39 is 13.1 Å². The predicted molar refractivity (Wildman–Crippen MR) is 102 cm³/mol. The van der Waals surface area contributed by atoms with Crippen LogP contribution in [-0.2, 0) is 9.30 Å². The molecule has 0 fully saturated rings. The summed E-state index contributed by atoms with van der Waals surface area (Å²) in [5, 5.41) is 4.08. The van der Waals surface area contributed by atoms with Gasteiger partial charge in [-0.1, -0.05) is 35.3 Å². The molecule has 1 unspecified atom stereocenters. The molecule has 0 aliphatic heterocycles. The molecule has 2 aromatic rings. The average molecular weight is 402 g/mol. The molecule has 0 bridgehead atoms. The minimum Gasteiger partial charge on any atom is -0.497 e. The molecule has 8 heteroatoms. The highest BCUT2D eigenvalue weighted by atomic mass is 35.5. The number of carbonyl (C=O) groups is 1. The molecule has 134 valence electrons. The van der Waals surface area contributed by atoms with Crippen molar-refractivity contribution in [1.82, 2.24) is 0 Å². The monoisotopic (exact) mass is 401 g/mol. The first kappa shape index (κ1) is 19.6. The summed E-state index contributed by atoms with van der Waals surface area (Å²) in [5.74, 6) is 0.0344. The Kier molecular flexibility index (Phi) is 6.39. The Balaban J connectivity index is 2.20. The Morgan fingerprint density at radius 3 is 2.36 bits per heavy atom. The normalized spacial score (nSPS) is 13.0. The van der Waals surface area contributed by atoms with Crippen molar-refractivity contribution in [1.29, 1.82) is 0 Å². The summed E-state index contributed by atoms with van der Waals surface area (Å²) in [6.45, 7) is 1.68. The van der Waals surface area contributed by atoms with Gasteiger partial charge in [0.2, 0.25) is 0 Å². The zero-order valence-electron chi connectivity index (χ0n) is 14.0. The maximum Gasteiger partial charge on any atom is 0.340 e. The fraction of sp³-hybridized carbons (Fsp3) is 0.235. The van der Waals surface area contributed by atoms with Gasteiger partial charge in [0.25, 0.3) is 0 Å². The number of esters is 1. The molecule has 0 aliphatic carbocycles. The lowest BCUT2D eigenvalue weighted by atomic mass is 10.2. The quantitative estimate of drug-likeness (QED) is 0.571. The molecule has 2 aromatic carbocycles. The van der Waals surface area contributed by atoms with Crippen LogP contribution in [0.2, 0.25) is 10.0 Å². The first-order valence-corrected chi connectivity index (χ1v) is 10.4. The van der Waals surface area contributed by atoms with E-state index in [2.05, 4.69) is 10.1 Å². The van der Waals surface area contributed by atoms with E-state index in [4.69, 9.17) is 27.9 Å². The molecule has 0 spiro atoms. The van der Waals surface area contributed by atoms with Gasteiger partial charge in [0, 0.05) is 11.0 Å². The molecule has 2 rings (SSSR count). The number of rotatable bonds is 6. The fourth-order valence-electron chi connectivity index (χ4n) is 2.21. The van der Waals surface area contributed by atoms with Crippen molar-refractivity contribution in [2.45, 2.75) is 0 Å². The van der Waals surface area contributed by atoms with Crippen molar-refractivity contribution in [2.75, 3.05) is 32.5 Å². The number of benzene rings is 2. The third-order valence-electron chi connectivity index (χ3n) is 3.62. The molecule has 1 atom stereocenters. The maximum atomic E-state index is 13.0. The van der Waals surface area contributed by atoms with E-state index in [1.807, 2.05) is 0 Å². The van der Waals surface area contributed by atoms with Gasteiger partial charge in [-0.2, -0.15) is 0 Å². The number of anilines is 1. The minimum absolute atomic E-state index is 0.101. The van der Waals surface area contributed by atoms with Crippen LogP contribution in [0.15, 0.2) is 36.4 Å². The number of nitrogens with one attached hydrogen (secondary N) is 1. The number of halogens is 2. The molecule has 0 saturated carbocycles. The van der Waals surface area contributed by atoms with Crippen molar-refractivity contribution in [3.05, 3.63) is 52.0 Å². The average Bonchev–Trinajstić information content (AvgIpc) is 2.59. The largest absolute Gasteiger partial charge is 0.497 e. The summed E-state index contributed by atoms with van der Waals surface area (Å²) < 4.78 is 22.8. The Bertz CT molecular complexity index is 818. The van der Waals surface area contributed by atoms with Gasteiger partial charge in [-0.25, -0.2) is 4.79 Å². The predicted octanol–water partition coefficient (Wildman–Crippen LogP) is 4.48. The summed E-state index contributed by atoms with van der Waals surface area (Å²) in [6.07, 6.45) is 0.199. The van der Waals surface area contributed by atoms with Gasteiger partial charge in [-0.15, -0.1) is 0 Å². The second-order valence-electron chi connectivity index (χ2n) is 5.44. The number of methoxy groups -OCH3 is 2. The molecule has 0 saturated heterocycles. The lowest BCUT2D eigenvalue weighted by Gasteiger charge is -2.17. The topological polar surface area (TPSA) is 64.6 Å². The van der Waals surface area contributed by atoms with Crippen molar-refractivity contribution in [2.24, 2.45) is 0 Å². The summed E-state index contributed by atoms with van der Waals surface area (Å²) in [5.41, 5.74) is 0.663. The first-order chi connectivity index (χ1) is 11.8. The lowest BCUT2D eigenvalue weighted by molar-refractivity contribution is 0.0601. The number of hydrogen-bond donors (Lipinski definition) is 1. The maximum absolute atomic E-state index is 13.0. The van der Waals surface area contributed by atoms with E-state index in [9.17, 15) is 9.36 Å². The van der Waals surface area contributed by atoms with Crippen molar-refractivity contribution in [3.8, 4) is 5.75 Å². The first-order valence-electron chi connectivity index (χ1n) is 7.31. The minimum atomic E-state index is -2.69. The Morgan fingerprint density at radius 2 is 1.80 bits per heavy atom. The molecule has 0 aliphatic rings. The van der Waals surface area contributed by atoms with E-state index in [0.717, 1.165) is 0 Å². The molecule has 25 heavy (non-hydrogen) atoms. The standard InChI is InChI=1S/C17H18Cl2NO4P/c1-23-12-5-4-6-13(9-12)25(3,22)10-20-11-7-14(18)16(15(19)8-11)17(21)24-2/h4-9,20H,10H2,1-3H3. The van der Waals surface area contributed by atoms with E-state index in [1.54, 1.807) is 50.2 Å². The van der Waals surface area contributed by atoms with Crippen molar-refractivity contribution in [3.63, 3.8) is 0 Å². The van der Waals surface area contributed by atoms with Gasteiger partial charge < -0.3 is 19.4 Å². The molecular formula is C17H18Cl2NO4P. The number of ether oxygens (including phenoxy) is 2. The van der Waals surface area contributed by atoms with Gasteiger partial charge in [0.05, 0.1) is 36.1 Å². The fourth-order valence-corrected chi connectivity index (χ4v) is 4.32.